The van der Waals surface area contributed by atoms with Crippen LogP contribution in [0.1, 0.15) is 43.0 Å². The largest absolute Gasteiger partial charge is 0.484 e. The number of alkyl halides is 3. The summed E-state index contributed by atoms with van der Waals surface area (Å²) in [5.74, 6) is -3.76. The average Bonchev–Trinajstić information content (AvgIpc) is 3.22. The Labute approximate surface area is 206 Å². The fourth-order valence-corrected chi connectivity index (χ4v) is 5.17. The van der Waals surface area contributed by atoms with E-state index in [-0.39, 0.29) is 23.8 Å². The van der Waals surface area contributed by atoms with Gasteiger partial charge in [0.05, 0.1) is 0 Å². The molecule has 1 saturated heterocycles. The minimum atomic E-state index is -5.06. The monoisotopic (exact) mass is 505 g/mol. The molecule has 1 aliphatic carbocycles. The number of benzene rings is 2. The second kappa shape index (κ2) is 9.91. The fraction of sp³-hybridized carbons (Fsp3) is 0.423. The highest BCUT2D eigenvalue weighted by Gasteiger charge is 2.50. The van der Waals surface area contributed by atoms with Crippen molar-refractivity contribution in [2.24, 2.45) is 11.8 Å². The summed E-state index contributed by atoms with van der Waals surface area (Å²) < 4.78 is 53.2. The molecular weight excluding hydrogens is 478 g/mol. The zero-order chi connectivity index (χ0) is 26.2. The summed E-state index contributed by atoms with van der Waals surface area (Å²) in [6.45, 7) is 3.61. The number of halogens is 4. The van der Waals surface area contributed by atoms with Crippen molar-refractivity contribution < 1.29 is 31.9 Å². The number of carbonyl (C=O) groups excluding carboxylic acids is 3. The predicted octanol–water partition coefficient (Wildman–Crippen LogP) is 3.66. The van der Waals surface area contributed by atoms with Crippen molar-refractivity contribution in [3.05, 3.63) is 71.0 Å². The Bertz CT molecular complexity index is 1120. The molecule has 3 unspecified atom stereocenters. The van der Waals surface area contributed by atoms with E-state index in [0.29, 0.717) is 12.8 Å². The number of fused-ring (bicyclic) bond motifs is 1. The average molecular weight is 506 g/mol. The van der Waals surface area contributed by atoms with E-state index in [1.165, 1.54) is 0 Å². The Kier molecular flexibility index (Phi) is 7.06. The van der Waals surface area contributed by atoms with Gasteiger partial charge in [0.15, 0.2) is 0 Å². The molecule has 0 spiro atoms. The standard InChI is InChI=1S/C26H27F4N3O3/c1-14(2)11-20-23(34)31-21(18-12-16-5-3-4-6-17(16)13-18)25(36)33(20)22(24(35)32-26(28,29)30)15-7-9-19(27)10-8-15/h3-10,14,18,20-22H,11-13H2,1-2H3,(H,31,34)(H,32,35). The Hall–Kier alpha value is -3.43. The van der Waals surface area contributed by atoms with Crippen LogP contribution in [0.25, 0.3) is 0 Å². The number of rotatable bonds is 6. The van der Waals surface area contributed by atoms with Gasteiger partial charge >= 0.3 is 6.30 Å². The number of nitrogens with one attached hydrogen (secondary N) is 2. The first-order valence-electron chi connectivity index (χ1n) is 11.8. The van der Waals surface area contributed by atoms with E-state index in [1.807, 2.05) is 24.3 Å². The molecule has 0 radical (unpaired) electrons. The van der Waals surface area contributed by atoms with Crippen LogP contribution in [0.15, 0.2) is 48.5 Å². The van der Waals surface area contributed by atoms with Crippen molar-refractivity contribution in [2.75, 3.05) is 0 Å². The number of hydrogen-bond donors (Lipinski definition) is 2. The molecule has 0 aromatic heterocycles. The number of carbonyl (C=O) groups is 3. The summed E-state index contributed by atoms with van der Waals surface area (Å²) in [5, 5.41) is 3.77. The van der Waals surface area contributed by atoms with Crippen molar-refractivity contribution >= 4 is 17.7 Å². The number of hydrogen-bond acceptors (Lipinski definition) is 3. The van der Waals surface area contributed by atoms with Gasteiger partial charge in [-0.05, 0) is 59.9 Å². The third-order valence-electron chi connectivity index (χ3n) is 6.68. The van der Waals surface area contributed by atoms with Crippen LogP contribution in [-0.2, 0) is 27.2 Å². The first kappa shape index (κ1) is 25.7. The molecule has 192 valence electrons. The summed E-state index contributed by atoms with van der Waals surface area (Å²) in [6, 6.07) is 7.95. The minimum absolute atomic E-state index is 0.0246. The van der Waals surface area contributed by atoms with Crippen LogP contribution in [0.5, 0.6) is 0 Å². The predicted molar refractivity (Wildman–Crippen MR) is 123 cm³/mol. The maximum absolute atomic E-state index is 13.9. The van der Waals surface area contributed by atoms with Gasteiger partial charge in [0.2, 0.25) is 11.8 Å². The van der Waals surface area contributed by atoms with Crippen molar-refractivity contribution in [1.82, 2.24) is 15.5 Å². The molecule has 2 aromatic rings. The van der Waals surface area contributed by atoms with Gasteiger partial charge in [0.25, 0.3) is 5.91 Å². The van der Waals surface area contributed by atoms with Crippen LogP contribution >= 0.6 is 0 Å². The highest BCUT2D eigenvalue weighted by molar-refractivity contribution is 6.00. The Morgan fingerprint density at radius 3 is 2.17 bits per heavy atom. The molecule has 1 heterocycles. The van der Waals surface area contributed by atoms with E-state index < -0.39 is 48.0 Å². The highest BCUT2D eigenvalue weighted by atomic mass is 19.4. The smallest absolute Gasteiger partial charge is 0.342 e. The summed E-state index contributed by atoms with van der Waals surface area (Å²) in [5.41, 5.74) is 2.04. The Morgan fingerprint density at radius 2 is 1.64 bits per heavy atom. The van der Waals surface area contributed by atoms with E-state index in [0.717, 1.165) is 45.6 Å². The third-order valence-corrected chi connectivity index (χ3v) is 6.68. The normalized spacial score (nSPS) is 21.4. The molecule has 3 atom stereocenters. The highest BCUT2D eigenvalue weighted by Crippen LogP contribution is 2.35. The maximum Gasteiger partial charge on any atom is 0.484 e. The summed E-state index contributed by atoms with van der Waals surface area (Å²) >= 11 is 0. The molecule has 0 saturated carbocycles. The molecule has 10 heteroatoms. The van der Waals surface area contributed by atoms with Gasteiger partial charge in [-0.3, -0.25) is 19.7 Å². The van der Waals surface area contributed by atoms with Crippen molar-refractivity contribution in [1.29, 1.82) is 0 Å². The van der Waals surface area contributed by atoms with Gasteiger partial charge in [-0.15, -0.1) is 0 Å². The van der Waals surface area contributed by atoms with Crippen LogP contribution in [-0.4, -0.2) is 41.0 Å². The summed E-state index contributed by atoms with van der Waals surface area (Å²) in [6.07, 6.45) is -3.92. The lowest BCUT2D eigenvalue weighted by Gasteiger charge is -2.44. The maximum atomic E-state index is 13.9. The molecule has 4 rings (SSSR count). The van der Waals surface area contributed by atoms with Crippen molar-refractivity contribution in [3.8, 4) is 0 Å². The Morgan fingerprint density at radius 1 is 1.06 bits per heavy atom. The molecule has 2 aromatic carbocycles. The lowest BCUT2D eigenvalue weighted by atomic mass is 9.88. The van der Waals surface area contributed by atoms with Crippen LogP contribution in [0, 0.1) is 17.7 Å². The molecular formula is C26H27F4N3O3. The minimum Gasteiger partial charge on any atom is -0.342 e. The van der Waals surface area contributed by atoms with Gasteiger partial charge in [0, 0.05) is 0 Å². The lowest BCUT2D eigenvalue weighted by molar-refractivity contribution is -0.177. The second-order valence-electron chi connectivity index (χ2n) is 9.76. The van der Waals surface area contributed by atoms with E-state index in [1.54, 1.807) is 13.8 Å². The van der Waals surface area contributed by atoms with Crippen LogP contribution in [0.2, 0.25) is 0 Å². The third kappa shape index (κ3) is 5.37. The molecule has 6 nitrogen and oxygen atoms in total. The fourth-order valence-electron chi connectivity index (χ4n) is 5.17. The van der Waals surface area contributed by atoms with E-state index in [4.69, 9.17) is 0 Å². The van der Waals surface area contributed by atoms with Crippen LogP contribution < -0.4 is 10.6 Å². The van der Waals surface area contributed by atoms with Crippen LogP contribution in [0.3, 0.4) is 0 Å². The van der Waals surface area contributed by atoms with E-state index in [9.17, 15) is 31.9 Å². The molecule has 2 N–H and O–H groups in total. The zero-order valence-corrected chi connectivity index (χ0v) is 19.8. The first-order chi connectivity index (χ1) is 16.9. The Balaban J connectivity index is 1.76. The van der Waals surface area contributed by atoms with E-state index >= 15 is 0 Å². The molecule has 2 aliphatic rings. The van der Waals surface area contributed by atoms with Crippen molar-refractivity contribution in [3.63, 3.8) is 0 Å². The quantitative estimate of drug-likeness (QED) is 0.465. The van der Waals surface area contributed by atoms with Gasteiger partial charge in [0.1, 0.15) is 23.9 Å². The van der Waals surface area contributed by atoms with Gasteiger partial charge in [-0.1, -0.05) is 50.2 Å². The van der Waals surface area contributed by atoms with Gasteiger partial charge < -0.3 is 10.2 Å². The molecule has 1 fully saturated rings. The first-order valence-corrected chi connectivity index (χ1v) is 11.8. The number of piperazine rings is 1. The van der Waals surface area contributed by atoms with Gasteiger partial charge in [-0.2, -0.15) is 13.2 Å². The SMILES string of the molecule is CC(C)CC1C(=O)NC(C2Cc3ccccc3C2)C(=O)N1C(C(=O)NC(F)(F)F)c1ccc(F)cc1. The van der Waals surface area contributed by atoms with Crippen LogP contribution in [0.4, 0.5) is 17.6 Å². The van der Waals surface area contributed by atoms with Crippen molar-refractivity contribution in [2.45, 2.75) is 57.5 Å². The van der Waals surface area contributed by atoms with E-state index in [2.05, 4.69) is 5.32 Å². The summed E-state index contributed by atoms with van der Waals surface area (Å²) in [7, 11) is 0. The molecule has 3 amide bonds. The zero-order valence-electron chi connectivity index (χ0n) is 19.8. The molecule has 0 bridgehead atoms. The molecule has 36 heavy (non-hydrogen) atoms. The number of amides is 3. The second-order valence-corrected chi connectivity index (χ2v) is 9.76. The topological polar surface area (TPSA) is 78.5 Å². The lowest BCUT2D eigenvalue weighted by Crippen LogP contribution is -2.67. The number of nitrogens with zero attached hydrogens (tertiary/aromatic N) is 1. The van der Waals surface area contributed by atoms with Gasteiger partial charge in [-0.25, -0.2) is 4.39 Å². The summed E-state index contributed by atoms with van der Waals surface area (Å²) in [4.78, 5) is 41.2. The molecule has 1 aliphatic heterocycles.